The number of nitrogens with one attached hydrogen (secondary N) is 1. The standard InChI is InChI=1S/C8H14N2O/c1-5(2)8(9)6-3-7(11)10-4-6/h3-5,8,10-11H,9H2,1-2H3/t8-/m1/s1. The predicted octanol–water partition coefficient (Wildman–Crippen LogP) is 1.38. The summed E-state index contributed by atoms with van der Waals surface area (Å²) < 4.78 is 0. The van der Waals surface area contributed by atoms with Gasteiger partial charge < -0.3 is 15.8 Å². The van der Waals surface area contributed by atoms with E-state index >= 15 is 0 Å². The molecule has 0 aromatic carbocycles. The van der Waals surface area contributed by atoms with E-state index in [9.17, 15) is 0 Å². The van der Waals surface area contributed by atoms with Crippen LogP contribution in [0, 0.1) is 5.92 Å². The molecule has 0 amide bonds. The van der Waals surface area contributed by atoms with Gasteiger partial charge in [-0.2, -0.15) is 0 Å². The zero-order chi connectivity index (χ0) is 8.43. The van der Waals surface area contributed by atoms with Gasteiger partial charge in [-0.1, -0.05) is 13.8 Å². The lowest BCUT2D eigenvalue weighted by atomic mass is 10.00. The van der Waals surface area contributed by atoms with Crippen LogP contribution < -0.4 is 5.73 Å². The molecule has 4 N–H and O–H groups in total. The lowest BCUT2D eigenvalue weighted by Gasteiger charge is -2.12. The van der Waals surface area contributed by atoms with Crippen LogP contribution in [0.25, 0.3) is 0 Å². The van der Waals surface area contributed by atoms with Gasteiger partial charge in [-0.05, 0) is 11.5 Å². The predicted molar refractivity (Wildman–Crippen MR) is 44.2 cm³/mol. The second-order valence-corrected chi connectivity index (χ2v) is 3.09. The van der Waals surface area contributed by atoms with Crippen molar-refractivity contribution in [3.8, 4) is 5.88 Å². The number of aromatic amines is 1. The van der Waals surface area contributed by atoms with Crippen LogP contribution in [0.4, 0.5) is 0 Å². The Bertz CT molecular complexity index is 230. The molecular formula is C8H14N2O. The van der Waals surface area contributed by atoms with Gasteiger partial charge >= 0.3 is 0 Å². The molecule has 0 saturated carbocycles. The Morgan fingerprint density at radius 3 is 2.55 bits per heavy atom. The molecule has 0 fully saturated rings. The Morgan fingerprint density at radius 2 is 2.18 bits per heavy atom. The van der Waals surface area contributed by atoms with Gasteiger partial charge in [0.05, 0.1) is 0 Å². The van der Waals surface area contributed by atoms with Gasteiger partial charge in [0.25, 0.3) is 0 Å². The summed E-state index contributed by atoms with van der Waals surface area (Å²) in [6, 6.07) is 1.66. The molecule has 0 aliphatic rings. The summed E-state index contributed by atoms with van der Waals surface area (Å²) in [7, 11) is 0. The second kappa shape index (κ2) is 2.96. The number of hydrogen-bond acceptors (Lipinski definition) is 2. The zero-order valence-corrected chi connectivity index (χ0v) is 6.83. The van der Waals surface area contributed by atoms with Crippen LogP contribution in [-0.2, 0) is 0 Å². The molecule has 1 rings (SSSR count). The van der Waals surface area contributed by atoms with Crippen LogP contribution >= 0.6 is 0 Å². The summed E-state index contributed by atoms with van der Waals surface area (Å²) in [5.41, 5.74) is 6.78. The molecule has 0 saturated heterocycles. The first-order chi connectivity index (χ1) is 5.11. The third kappa shape index (κ3) is 1.74. The molecule has 1 aromatic heterocycles. The van der Waals surface area contributed by atoms with Gasteiger partial charge in [0.15, 0.2) is 5.88 Å². The molecule has 0 aliphatic heterocycles. The average Bonchev–Trinajstić information content (AvgIpc) is 2.34. The first kappa shape index (κ1) is 8.14. The largest absolute Gasteiger partial charge is 0.495 e. The van der Waals surface area contributed by atoms with Crippen molar-refractivity contribution in [2.45, 2.75) is 19.9 Å². The zero-order valence-electron chi connectivity index (χ0n) is 6.83. The SMILES string of the molecule is CC(C)[C@@H](N)c1c[nH]c(O)c1. The highest BCUT2D eigenvalue weighted by molar-refractivity contribution is 5.23. The summed E-state index contributed by atoms with van der Waals surface area (Å²) in [6.45, 7) is 4.10. The van der Waals surface area contributed by atoms with Gasteiger partial charge in [-0.25, -0.2) is 0 Å². The van der Waals surface area contributed by atoms with Crippen molar-refractivity contribution in [1.29, 1.82) is 0 Å². The van der Waals surface area contributed by atoms with Crippen LogP contribution in [0.5, 0.6) is 5.88 Å². The molecule has 11 heavy (non-hydrogen) atoms. The summed E-state index contributed by atoms with van der Waals surface area (Å²) in [5, 5.41) is 8.97. The summed E-state index contributed by atoms with van der Waals surface area (Å²) in [6.07, 6.45) is 1.74. The van der Waals surface area contributed by atoms with Gasteiger partial charge in [-0.3, -0.25) is 0 Å². The monoisotopic (exact) mass is 154 g/mol. The van der Waals surface area contributed by atoms with Crippen molar-refractivity contribution in [3.05, 3.63) is 17.8 Å². The van der Waals surface area contributed by atoms with E-state index in [1.54, 1.807) is 12.3 Å². The highest BCUT2D eigenvalue weighted by atomic mass is 16.3. The molecule has 0 bridgehead atoms. The summed E-state index contributed by atoms with van der Waals surface area (Å²) in [5.74, 6) is 0.571. The molecule has 0 unspecified atom stereocenters. The number of aromatic hydroxyl groups is 1. The van der Waals surface area contributed by atoms with E-state index in [2.05, 4.69) is 18.8 Å². The number of rotatable bonds is 2. The highest BCUT2D eigenvalue weighted by Gasteiger charge is 2.11. The highest BCUT2D eigenvalue weighted by Crippen LogP contribution is 2.21. The van der Waals surface area contributed by atoms with Crippen LogP contribution in [0.2, 0.25) is 0 Å². The summed E-state index contributed by atoms with van der Waals surface area (Å²) >= 11 is 0. The van der Waals surface area contributed by atoms with E-state index in [-0.39, 0.29) is 11.9 Å². The lowest BCUT2D eigenvalue weighted by Crippen LogP contribution is -2.15. The fraction of sp³-hybridized carbons (Fsp3) is 0.500. The van der Waals surface area contributed by atoms with E-state index < -0.39 is 0 Å². The van der Waals surface area contributed by atoms with Crippen molar-refractivity contribution >= 4 is 0 Å². The minimum absolute atomic E-state index is 0.00662. The van der Waals surface area contributed by atoms with Crippen molar-refractivity contribution in [2.24, 2.45) is 11.7 Å². The average molecular weight is 154 g/mol. The first-order valence-electron chi connectivity index (χ1n) is 3.74. The molecule has 62 valence electrons. The third-order valence-electron chi connectivity index (χ3n) is 1.79. The number of H-pyrrole nitrogens is 1. The normalized spacial score (nSPS) is 13.8. The molecular weight excluding hydrogens is 140 g/mol. The first-order valence-corrected chi connectivity index (χ1v) is 3.74. The Kier molecular flexibility index (Phi) is 2.19. The topological polar surface area (TPSA) is 62.0 Å². The molecule has 1 atom stereocenters. The molecule has 1 heterocycles. The molecule has 0 spiro atoms. The van der Waals surface area contributed by atoms with E-state index in [4.69, 9.17) is 10.8 Å². The molecule has 0 radical (unpaired) electrons. The Morgan fingerprint density at radius 1 is 1.55 bits per heavy atom. The molecule has 3 heteroatoms. The Balaban J connectivity index is 2.76. The molecule has 1 aromatic rings. The van der Waals surface area contributed by atoms with Crippen molar-refractivity contribution < 1.29 is 5.11 Å². The fourth-order valence-corrected chi connectivity index (χ4v) is 0.976. The van der Waals surface area contributed by atoms with Gasteiger partial charge in [-0.15, -0.1) is 0 Å². The maximum atomic E-state index is 8.97. The van der Waals surface area contributed by atoms with E-state index in [0.29, 0.717) is 5.92 Å². The smallest absolute Gasteiger partial charge is 0.188 e. The molecule has 3 nitrogen and oxygen atoms in total. The Hall–Kier alpha value is -0.960. The van der Waals surface area contributed by atoms with E-state index in [0.717, 1.165) is 5.56 Å². The maximum absolute atomic E-state index is 8.97. The van der Waals surface area contributed by atoms with Gasteiger partial charge in [0, 0.05) is 18.3 Å². The Labute approximate surface area is 66.2 Å². The van der Waals surface area contributed by atoms with Crippen molar-refractivity contribution in [3.63, 3.8) is 0 Å². The summed E-state index contributed by atoms with van der Waals surface area (Å²) in [4.78, 5) is 2.68. The number of hydrogen-bond donors (Lipinski definition) is 3. The number of nitrogens with two attached hydrogens (primary N) is 1. The third-order valence-corrected chi connectivity index (χ3v) is 1.79. The van der Waals surface area contributed by atoms with Gasteiger partial charge in [0.2, 0.25) is 0 Å². The minimum atomic E-state index is 0.00662. The molecule has 0 aliphatic carbocycles. The van der Waals surface area contributed by atoms with Gasteiger partial charge in [0.1, 0.15) is 0 Å². The van der Waals surface area contributed by atoms with Crippen LogP contribution in [0.3, 0.4) is 0 Å². The van der Waals surface area contributed by atoms with Crippen molar-refractivity contribution in [1.82, 2.24) is 4.98 Å². The second-order valence-electron chi connectivity index (χ2n) is 3.09. The van der Waals surface area contributed by atoms with E-state index in [1.807, 2.05) is 0 Å². The van der Waals surface area contributed by atoms with Crippen LogP contribution in [0.1, 0.15) is 25.5 Å². The quantitative estimate of drug-likeness (QED) is 0.602. The fourth-order valence-electron chi connectivity index (χ4n) is 0.976. The van der Waals surface area contributed by atoms with Crippen LogP contribution in [-0.4, -0.2) is 10.1 Å². The van der Waals surface area contributed by atoms with Crippen LogP contribution in [0.15, 0.2) is 12.3 Å². The van der Waals surface area contributed by atoms with E-state index in [1.165, 1.54) is 0 Å². The number of aromatic nitrogens is 1. The van der Waals surface area contributed by atoms with Crippen molar-refractivity contribution in [2.75, 3.05) is 0 Å². The minimum Gasteiger partial charge on any atom is -0.495 e. The maximum Gasteiger partial charge on any atom is 0.188 e. The lowest BCUT2D eigenvalue weighted by molar-refractivity contribution is 0.456.